The predicted octanol–water partition coefficient (Wildman–Crippen LogP) is 2.98. The predicted molar refractivity (Wildman–Crippen MR) is 104 cm³/mol. The van der Waals surface area contributed by atoms with Gasteiger partial charge in [0.05, 0.1) is 22.5 Å². The van der Waals surface area contributed by atoms with E-state index in [0.29, 0.717) is 15.8 Å². The van der Waals surface area contributed by atoms with Gasteiger partial charge in [0.15, 0.2) is 0 Å². The van der Waals surface area contributed by atoms with Crippen molar-refractivity contribution in [3.05, 3.63) is 50.3 Å². The Morgan fingerprint density at radius 2 is 2.11 bits per heavy atom. The van der Waals surface area contributed by atoms with Crippen LogP contribution >= 0.6 is 23.2 Å². The Morgan fingerprint density at radius 1 is 1.33 bits per heavy atom. The number of amides is 1. The number of hydrogen-bond donors (Lipinski definition) is 2. The number of anilines is 1. The minimum atomic E-state index is -0.0839. The molecular weight excluding hydrogens is 387 g/mol. The average Bonchev–Trinajstić information content (AvgIpc) is 3.18. The number of benzene rings is 1. The standard InChI is InChI=1S/C18H18Cl2N6O/c1-8-12(9(2)26-18(22-8)24-17(21)25-26)7-15(27)23-14-6-4-11-10(14)3-5-13(19)16(11)20/h3,5,14H,4,6-7H2,1-2H3,(H2,21,25)(H,23,27). The lowest BCUT2D eigenvalue weighted by atomic mass is 10.1. The first kappa shape index (κ1) is 18.0. The van der Waals surface area contributed by atoms with Crippen LogP contribution in [0.4, 0.5) is 5.95 Å². The van der Waals surface area contributed by atoms with Crippen LogP contribution in [0.5, 0.6) is 0 Å². The fraction of sp³-hybridized carbons (Fsp3) is 0.333. The zero-order chi connectivity index (χ0) is 19.3. The SMILES string of the molecule is Cc1nc2nc(N)nn2c(C)c1CC(=O)NC1CCc2c1ccc(Cl)c2Cl. The second-order valence-corrected chi connectivity index (χ2v) is 7.49. The lowest BCUT2D eigenvalue weighted by molar-refractivity contribution is -0.121. The number of aryl methyl sites for hydroxylation is 2. The summed E-state index contributed by atoms with van der Waals surface area (Å²) in [5.74, 6) is 0.506. The van der Waals surface area contributed by atoms with Gasteiger partial charge in [-0.05, 0) is 43.9 Å². The van der Waals surface area contributed by atoms with E-state index in [4.69, 9.17) is 28.9 Å². The Labute approximate surface area is 165 Å². The molecule has 0 radical (unpaired) electrons. The van der Waals surface area contributed by atoms with Gasteiger partial charge in [0.25, 0.3) is 5.78 Å². The molecule has 3 N–H and O–H groups in total. The van der Waals surface area contributed by atoms with E-state index in [0.717, 1.165) is 40.9 Å². The van der Waals surface area contributed by atoms with Gasteiger partial charge in [-0.3, -0.25) is 4.79 Å². The second kappa shape index (κ2) is 6.65. The molecule has 0 fully saturated rings. The Balaban J connectivity index is 1.57. The maximum Gasteiger partial charge on any atom is 0.254 e. The number of nitrogens with one attached hydrogen (secondary N) is 1. The van der Waals surface area contributed by atoms with Crippen LogP contribution in [-0.2, 0) is 17.6 Å². The van der Waals surface area contributed by atoms with Crippen LogP contribution in [0.3, 0.4) is 0 Å². The summed E-state index contributed by atoms with van der Waals surface area (Å²) in [7, 11) is 0. The molecule has 1 aromatic carbocycles. The number of fused-ring (bicyclic) bond motifs is 2. The van der Waals surface area contributed by atoms with Crippen molar-refractivity contribution in [3.63, 3.8) is 0 Å². The Hall–Kier alpha value is -2.38. The van der Waals surface area contributed by atoms with Gasteiger partial charge in [-0.1, -0.05) is 29.3 Å². The number of aromatic nitrogens is 4. The molecule has 7 nitrogen and oxygen atoms in total. The Bertz CT molecular complexity index is 1080. The summed E-state index contributed by atoms with van der Waals surface area (Å²) in [6.07, 6.45) is 1.80. The molecule has 0 bridgehead atoms. The number of nitrogens with zero attached hydrogens (tertiary/aromatic N) is 4. The molecule has 3 aromatic rings. The first-order valence-corrected chi connectivity index (χ1v) is 9.35. The maximum absolute atomic E-state index is 12.7. The monoisotopic (exact) mass is 404 g/mol. The molecule has 27 heavy (non-hydrogen) atoms. The van der Waals surface area contributed by atoms with Crippen LogP contribution in [0, 0.1) is 13.8 Å². The van der Waals surface area contributed by atoms with Crippen LogP contribution in [-0.4, -0.2) is 25.5 Å². The highest BCUT2D eigenvalue weighted by Crippen LogP contribution is 2.39. The van der Waals surface area contributed by atoms with E-state index >= 15 is 0 Å². The van der Waals surface area contributed by atoms with E-state index < -0.39 is 0 Å². The largest absolute Gasteiger partial charge is 0.366 e. The number of carbonyl (C=O) groups excluding carboxylic acids is 1. The normalized spacial score (nSPS) is 15.9. The van der Waals surface area contributed by atoms with Crippen molar-refractivity contribution in [2.24, 2.45) is 0 Å². The number of nitrogen functional groups attached to an aromatic ring is 1. The fourth-order valence-corrected chi connectivity index (χ4v) is 4.11. The van der Waals surface area contributed by atoms with Crippen LogP contribution in [0.15, 0.2) is 12.1 Å². The number of nitrogens with two attached hydrogens (primary N) is 1. The van der Waals surface area contributed by atoms with E-state index in [-0.39, 0.29) is 24.3 Å². The van der Waals surface area contributed by atoms with Gasteiger partial charge >= 0.3 is 0 Å². The molecule has 1 aliphatic rings. The molecule has 140 valence electrons. The fourth-order valence-electron chi connectivity index (χ4n) is 3.67. The van der Waals surface area contributed by atoms with Gasteiger partial charge in [0.2, 0.25) is 11.9 Å². The molecule has 2 aromatic heterocycles. The van der Waals surface area contributed by atoms with Crippen molar-refractivity contribution in [2.75, 3.05) is 5.73 Å². The van der Waals surface area contributed by atoms with Gasteiger partial charge in [-0.15, -0.1) is 5.10 Å². The Kier molecular flexibility index (Phi) is 4.44. The van der Waals surface area contributed by atoms with Crippen molar-refractivity contribution in [1.29, 1.82) is 0 Å². The molecule has 1 aliphatic carbocycles. The highest BCUT2D eigenvalue weighted by atomic mass is 35.5. The smallest absolute Gasteiger partial charge is 0.254 e. The van der Waals surface area contributed by atoms with Crippen molar-refractivity contribution >= 4 is 40.8 Å². The Morgan fingerprint density at radius 3 is 2.89 bits per heavy atom. The van der Waals surface area contributed by atoms with Gasteiger partial charge in [-0.2, -0.15) is 9.50 Å². The molecule has 2 heterocycles. The lowest BCUT2D eigenvalue weighted by Gasteiger charge is -2.16. The summed E-state index contributed by atoms with van der Waals surface area (Å²) in [6.45, 7) is 3.73. The zero-order valence-electron chi connectivity index (χ0n) is 14.9. The second-order valence-electron chi connectivity index (χ2n) is 6.71. The van der Waals surface area contributed by atoms with Gasteiger partial charge in [0.1, 0.15) is 0 Å². The molecular formula is C18H18Cl2N6O. The van der Waals surface area contributed by atoms with E-state index in [1.54, 1.807) is 10.6 Å². The molecule has 0 aliphatic heterocycles. The minimum Gasteiger partial charge on any atom is -0.366 e. The molecule has 1 amide bonds. The van der Waals surface area contributed by atoms with Crippen LogP contribution in [0.25, 0.3) is 5.78 Å². The number of halogens is 2. The summed E-state index contributed by atoms with van der Waals surface area (Å²) < 4.78 is 1.57. The van der Waals surface area contributed by atoms with Crippen molar-refractivity contribution < 1.29 is 4.79 Å². The summed E-state index contributed by atoms with van der Waals surface area (Å²) in [4.78, 5) is 21.2. The first-order chi connectivity index (χ1) is 12.8. The van der Waals surface area contributed by atoms with Crippen LogP contribution in [0.2, 0.25) is 10.0 Å². The summed E-state index contributed by atoms with van der Waals surface area (Å²) in [6, 6.07) is 3.64. The van der Waals surface area contributed by atoms with Crippen LogP contribution < -0.4 is 11.1 Å². The lowest BCUT2D eigenvalue weighted by Crippen LogP contribution is -2.29. The topological polar surface area (TPSA) is 98.2 Å². The molecule has 4 rings (SSSR count). The van der Waals surface area contributed by atoms with E-state index in [2.05, 4.69) is 20.4 Å². The van der Waals surface area contributed by atoms with Crippen LogP contribution in [0.1, 0.15) is 40.5 Å². The number of hydrogen-bond acceptors (Lipinski definition) is 5. The minimum absolute atomic E-state index is 0.0680. The molecule has 0 spiro atoms. The molecule has 9 heteroatoms. The highest BCUT2D eigenvalue weighted by molar-refractivity contribution is 6.42. The van der Waals surface area contributed by atoms with E-state index in [9.17, 15) is 4.79 Å². The number of carbonyl (C=O) groups is 1. The average molecular weight is 405 g/mol. The van der Waals surface area contributed by atoms with E-state index in [1.165, 1.54) is 0 Å². The maximum atomic E-state index is 12.7. The molecule has 1 atom stereocenters. The van der Waals surface area contributed by atoms with Gasteiger partial charge < -0.3 is 11.1 Å². The first-order valence-electron chi connectivity index (χ1n) is 8.59. The molecule has 0 saturated carbocycles. The summed E-state index contributed by atoms with van der Waals surface area (Å²) >= 11 is 12.4. The summed E-state index contributed by atoms with van der Waals surface area (Å²) in [5, 5.41) is 8.36. The van der Waals surface area contributed by atoms with Crippen molar-refractivity contribution in [2.45, 2.75) is 39.2 Å². The molecule has 0 saturated heterocycles. The van der Waals surface area contributed by atoms with Crippen molar-refractivity contribution in [1.82, 2.24) is 24.9 Å². The third-order valence-electron chi connectivity index (χ3n) is 5.03. The number of rotatable bonds is 3. The van der Waals surface area contributed by atoms with Crippen molar-refractivity contribution in [3.8, 4) is 0 Å². The van der Waals surface area contributed by atoms with Gasteiger partial charge in [0, 0.05) is 17.0 Å². The summed E-state index contributed by atoms with van der Waals surface area (Å²) in [5.41, 5.74) is 10.1. The third-order valence-corrected chi connectivity index (χ3v) is 5.87. The zero-order valence-corrected chi connectivity index (χ0v) is 16.4. The van der Waals surface area contributed by atoms with E-state index in [1.807, 2.05) is 19.9 Å². The highest BCUT2D eigenvalue weighted by Gasteiger charge is 2.27. The quantitative estimate of drug-likeness (QED) is 0.698. The molecule has 1 unspecified atom stereocenters. The van der Waals surface area contributed by atoms with Gasteiger partial charge in [-0.25, -0.2) is 4.98 Å². The third kappa shape index (κ3) is 3.11.